The molecule has 1 rings (SSSR count). The molecule has 0 aromatic heterocycles. The van der Waals surface area contributed by atoms with Crippen LogP contribution in [0.15, 0.2) is 24.3 Å². The van der Waals surface area contributed by atoms with Crippen LogP contribution in [0.2, 0.25) is 0 Å². The van der Waals surface area contributed by atoms with E-state index in [0.29, 0.717) is 25.6 Å². The van der Waals surface area contributed by atoms with Crippen LogP contribution in [-0.2, 0) is 14.3 Å². The van der Waals surface area contributed by atoms with Gasteiger partial charge in [0, 0.05) is 19.2 Å². The normalized spacial score (nSPS) is 19.4. The molecule has 0 aromatic rings. The molecule has 0 bridgehead atoms. The van der Waals surface area contributed by atoms with Gasteiger partial charge in [-0.15, -0.1) is 0 Å². The molecule has 5 nitrogen and oxygen atoms in total. The van der Waals surface area contributed by atoms with Crippen molar-refractivity contribution >= 4 is 12.1 Å². The van der Waals surface area contributed by atoms with Crippen LogP contribution in [0.3, 0.4) is 0 Å². The van der Waals surface area contributed by atoms with E-state index in [1.165, 1.54) is 6.08 Å². The molecular weight excluding hydrogens is 270 g/mol. The van der Waals surface area contributed by atoms with Gasteiger partial charge in [-0.3, -0.25) is 0 Å². The molecule has 5 heteroatoms. The molecule has 21 heavy (non-hydrogen) atoms. The fourth-order valence-electron chi connectivity index (χ4n) is 1.98. The van der Waals surface area contributed by atoms with Crippen molar-refractivity contribution in [2.24, 2.45) is 5.92 Å². The number of nitrogens with zero attached hydrogens (tertiary/aromatic N) is 1. The Hall–Kier alpha value is -1.78. The number of ether oxygens (including phenoxy) is 2. The number of hydrogen-bond acceptors (Lipinski definition) is 4. The molecule has 1 fully saturated rings. The van der Waals surface area contributed by atoms with Crippen LogP contribution >= 0.6 is 0 Å². The van der Waals surface area contributed by atoms with Gasteiger partial charge < -0.3 is 14.4 Å². The molecule has 1 saturated heterocycles. The molecule has 1 aliphatic rings. The molecule has 118 valence electrons. The summed E-state index contributed by atoms with van der Waals surface area (Å²) in [5.41, 5.74) is -0.465. The molecule has 0 spiro atoms. The minimum atomic E-state index is -0.465. The van der Waals surface area contributed by atoms with Gasteiger partial charge in [0.05, 0.1) is 6.61 Å². The summed E-state index contributed by atoms with van der Waals surface area (Å²) in [7, 11) is 0. The molecular formula is C16H25NO4. The summed E-state index contributed by atoms with van der Waals surface area (Å²) in [4.78, 5) is 24.7. The minimum Gasteiger partial charge on any atom is -0.463 e. The highest BCUT2D eigenvalue weighted by molar-refractivity contribution is 5.82. The highest BCUT2D eigenvalue weighted by Gasteiger charge is 2.28. The van der Waals surface area contributed by atoms with Crippen molar-refractivity contribution in [1.29, 1.82) is 0 Å². The van der Waals surface area contributed by atoms with E-state index in [0.717, 1.165) is 6.42 Å². The highest BCUT2D eigenvalue weighted by atomic mass is 16.6. The Kier molecular flexibility index (Phi) is 6.46. The van der Waals surface area contributed by atoms with E-state index in [2.05, 4.69) is 0 Å². The second kappa shape index (κ2) is 7.86. The molecule has 0 aliphatic carbocycles. The Morgan fingerprint density at radius 2 is 2.00 bits per heavy atom. The zero-order valence-electron chi connectivity index (χ0n) is 13.3. The Labute approximate surface area is 126 Å². The molecule has 1 atom stereocenters. The summed E-state index contributed by atoms with van der Waals surface area (Å²) < 4.78 is 10.1. The second-order valence-electron chi connectivity index (χ2n) is 5.97. The monoisotopic (exact) mass is 295 g/mol. The van der Waals surface area contributed by atoms with Gasteiger partial charge in [-0.05, 0) is 40.0 Å². The Morgan fingerprint density at radius 1 is 1.29 bits per heavy atom. The van der Waals surface area contributed by atoms with Crippen LogP contribution < -0.4 is 0 Å². The highest BCUT2D eigenvalue weighted by Crippen LogP contribution is 2.20. The number of likely N-dealkylation sites (tertiary alicyclic amines) is 1. The van der Waals surface area contributed by atoms with Gasteiger partial charge in [0.25, 0.3) is 0 Å². The van der Waals surface area contributed by atoms with Crippen LogP contribution in [0.4, 0.5) is 4.79 Å². The van der Waals surface area contributed by atoms with Crippen molar-refractivity contribution in [3.05, 3.63) is 24.3 Å². The molecule has 1 aliphatic heterocycles. The van der Waals surface area contributed by atoms with Crippen LogP contribution in [-0.4, -0.2) is 42.3 Å². The predicted octanol–water partition coefficient (Wildman–Crippen LogP) is 2.92. The van der Waals surface area contributed by atoms with E-state index in [9.17, 15) is 9.59 Å². The Balaban J connectivity index is 2.38. The van der Waals surface area contributed by atoms with Gasteiger partial charge in [0.15, 0.2) is 0 Å². The minimum absolute atomic E-state index is 0.263. The summed E-state index contributed by atoms with van der Waals surface area (Å²) >= 11 is 0. The summed E-state index contributed by atoms with van der Waals surface area (Å²) in [6.07, 6.45) is 7.51. The maximum absolute atomic E-state index is 11.9. The third-order valence-electron chi connectivity index (χ3n) is 2.89. The van der Waals surface area contributed by atoms with E-state index >= 15 is 0 Å². The lowest BCUT2D eigenvalue weighted by molar-refractivity contribution is -0.137. The first-order chi connectivity index (χ1) is 9.81. The van der Waals surface area contributed by atoms with Crippen LogP contribution in [0.1, 0.15) is 34.1 Å². The maximum Gasteiger partial charge on any atom is 0.410 e. The van der Waals surface area contributed by atoms with Gasteiger partial charge in [-0.2, -0.15) is 0 Å². The SMILES string of the molecule is CCOC(=O)/C=C/C=C/C1CCN(C(=O)OC(C)(C)C)C1. The van der Waals surface area contributed by atoms with Crippen molar-refractivity contribution in [2.75, 3.05) is 19.7 Å². The third kappa shape index (κ3) is 6.97. The first kappa shape index (κ1) is 17.3. The smallest absolute Gasteiger partial charge is 0.410 e. The van der Waals surface area contributed by atoms with E-state index < -0.39 is 5.60 Å². The van der Waals surface area contributed by atoms with Crippen molar-refractivity contribution in [3.63, 3.8) is 0 Å². The summed E-state index contributed by atoms with van der Waals surface area (Å²) in [6, 6.07) is 0. The summed E-state index contributed by atoms with van der Waals surface area (Å²) in [5.74, 6) is -0.0479. The Bertz CT molecular complexity index is 420. The van der Waals surface area contributed by atoms with E-state index in [1.807, 2.05) is 32.9 Å². The number of allylic oxidation sites excluding steroid dienone is 2. The predicted molar refractivity (Wildman–Crippen MR) is 80.8 cm³/mol. The molecule has 0 radical (unpaired) electrons. The molecule has 1 amide bonds. The Morgan fingerprint density at radius 3 is 2.62 bits per heavy atom. The van der Waals surface area contributed by atoms with Gasteiger partial charge in [-0.1, -0.05) is 18.2 Å². The molecule has 0 aromatic carbocycles. The average molecular weight is 295 g/mol. The number of carbonyl (C=O) groups is 2. The van der Waals surface area contributed by atoms with Crippen molar-refractivity contribution < 1.29 is 19.1 Å². The molecule has 1 heterocycles. The lowest BCUT2D eigenvalue weighted by atomic mass is 10.1. The number of esters is 1. The number of amides is 1. The van der Waals surface area contributed by atoms with Crippen molar-refractivity contribution in [1.82, 2.24) is 4.90 Å². The van der Waals surface area contributed by atoms with E-state index in [1.54, 1.807) is 17.9 Å². The van der Waals surface area contributed by atoms with Gasteiger partial charge in [-0.25, -0.2) is 9.59 Å². The maximum atomic E-state index is 11.9. The second-order valence-corrected chi connectivity index (χ2v) is 5.97. The van der Waals surface area contributed by atoms with Crippen molar-refractivity contribution in [3.8, 4) is 0 Å². The summed E-state index contributed by atoms with van der Waals surface area (Å²) in [6.45, 7) is 9.07. The van der Waals surface area contributed by atoms with Crippen LogP contribution in [0.25, 0.3) is 0 Å². The first-order valence-electron chi connectivity index (χ1n) is 7.31. The van der Waals surface area contributed by atoms with Crippen LogP contribution in [0, 0.1) is 5.92 Å². The summed E-state index contributed by atoms with van der Waals surface area (Å²) in [5, 5.41) is 0. The molecule has 0 saturated carbocycles. The average Bonchev–Trinajstić information content (AvgIpc) is 2.82. The molecule has 1 unspecified atom stereocenters. The van der Waals surface area contributed by atoms with Gasteiger partial charge in [0.2, 0.25) is 0 Å². The largest absolute Gasteiger partial charge is 0.463 e. The zero-order valence-corrected chi connectivity index (χ0v) is 13.3. The molecule has 0 N–H and O–H groups in total. The number of rotatable bonds is 4. The lowest BCUT2D eigenvalue weighted by Gasteiger charge is -2.24. The quantitative estimate of drug-likeness (QED) is 0.454. The first-order valence-corrected chi connectivity index (χ1v) is 7.31. The van der Waals surface area contributed by atoms with E-state index in [-0.39, 0.29) is 12.1 Å². The fraction of sp³-hybridized carbons (Fsp3) is 0.625. The topological polar surface area (TPSA) is 55.8 Å². The van der Waals surface area contributed by atoms with Crippen molar-refractivity contribution in [2.45, 2.75) is 39.7 Å². The van der Waals surface area contributed by atoms with Gasteiger partial charge in [0.1, 0.15) is 5.60 Å². The van der Waals surface area contributed by atoms with E-state index in [4.69, 9.17) is 9.47 Å². The van der Waals surface area contributed by atoms with Crippen LogP contribution in [0.5, 0.6) is 0 Å². The number of hydrogen-bond donors (Lipinski definition) is 0. The zero-order chi connectivity index (χ0) is 15.9. The van der Waals surface area contributed by atoms with Gasteiger partial charge >= 0.3 is 12.1 Å². The number of carbonyl (C=O) groups excluding carboxylic acids is 2. The standard InChI is InChI=1S/C16H25NO4/c1-5-20-14(18)9-7-6-8-13-10-11-17(12-13)15(19)21-16(2,3)4/h6-9,13H,5,10-12H2,1-4H3/b8-6+,9-7+. The lowest BCUT2D eigenvalue weighted by Crippen LogP contribution is -2.35. The third-order valence-corrected chi connectivity index (χ3v) is 2.89. The fourth-order valence-corrected chi connectivity index (χ4v) is 1.98.